The summed E-state index contributed by atoms with van der Waals surface area (Å²) in [5.41, 5.74) is 0. The van der Waals surface area contributed by atoms with Crippen LogP contribution >= 0.6 is 0 Å². The Morgan fingerprint density at radius 1 is 0.773 bits per heavy atom. The van der Waals surface area contributed by atoms with E-state index in [1.807, 2.05) is 0 Å². The number of carbonyl (C=O) groups is 1. The molecule has 0 heterocycles. The Kier molecular flexibility index (Phi) is 17.5. The highest BCUT2D eigenvalue weighted by molar-refractivity contribution is 5.75. The fourth-order valence-electron chi connectivity index (χ4n) is 2.62. The molecule has 3 nitrogen and oxygen atoms in total. The second kappa shape index (κ2) is 18.2. The molecule has 0 spiro atoms. The molecular weight excluding hydrogens is 274 g/mol. The first-order valence-electron chi connectivity index (χ1n) is 9.29. The lowest BCUT2D eigenvalue weighted by Crippen LogP contribution is -2.22. The lowest BCUT2D eigenvalue weighted by Gasteiger charge is -2.04. The Morgan fingerprint density at radius 3 is 1.59 bits per heavy atom. The summed E-state index contributed by atoms with van der Waals surface area (Å²) in [4.78, 5) is 11.3. The lowest BCUT2D eigenvalue weighted by atomic mass is 10.0. The van der Waals surface area contributed by atoms with Crippen LogP contribution in [0.5, 0.6) is 0 Å². The number of amides is 1. The Bertz CT molecular complexity index is 254. The van der Waals surface area contributed by atoms with Crippen LogP contribution in [-0.4, -0.2) is 24.2 Å². The van der Waals surface area contributed by atoms with Crippen molar-refractivity contribution in [3.05, 3.63) is 12.7 Å². The summed E-state index contributed by atoms with van der Waals surface area (Å²) in [6, 6.07) is 0. The number of rotatable bonds is 17. The van der Waals surface area contributed by atoms with Crippen molar-refractivity contribution in [2.24, 2.45) is 0 Å². The highest BCUT2D eigenvalue weighted by Crippen LogP contribution is 2.12. The van der Waals surface area contributed by atoms with E-state index in [1.165, 1.54) is 70.6 Å². The van der Waals surface area contributed by atoms with Crippen molar-refractivity contribution in [3.63, 3.8) is 0 Å². The van der Waals surface area contributed by atoms with Gasteiger partial charge in [0.2, 0.25) is 5.91 Å². The molecule has 0 aromatic carbocycles. The third-order valence-corrected chi connectivity index (χ3v) is 4.01. The Balaban J connectivity index is 3.05. The van der Waals surface area contributed by atoms with Gasteiger partial charge in [-0.2, -0.15) is 0 Å². The minimum atomic E-state index is 0.152. The summed E-state index contributed by atoms with van der Waals surface area (Å²) in [5, 5.41) is 11.5. The normalized spacial score (nSPS) is 10.6. The van der Waals surface area contributed by atoms with Crippen LogP contribution in [-0.2, 0) is 4.79 Å². The van der Waals surface area contributed by atoms with Crippen molar-refractivity contribution in [2.75, 3.05) is 13.2 Å². The predicted molar refractivity (Wildman–Crippen MR) is 94.9 cm³/mol. The largest absolute Gasteiger partial charge is 0.396 e. The van der Waals surface area contributed by atoms with Gasteiger partial charge in [-0.15, -0.1) is 6.58 Å². The maximum absolute atomic E-state index is 11.3. The van der Waals surface area contributed by atoms with E-state index >= 15 is 0 Å². The molecule has 2 N–H and O–H groups in total. The van der Waals surface area contributed by atoms with Crippen molar-refractivity contribution in [2.45, 2.75) is 89.9 Å². The summed E-state index contributed by atoms with van der Waals surface area (Å²) < 4.78 is 0. The van der Waals surface area contributed by atoms with Gasteiger partial charge in [-0.05, 0) is 12.8 Å². The first-order valence-corrected chi connectivity index (χ1v) is 9.29. The first-order chi connectivity index (χ1) is 10.8. The van der Waals surface area contributed by atoms with Crippen LogP contribution in [0.2, 0.25) is 0 Å². The van der Waals surface area contributed by atoms with Gasteiger partial charge in [-0.3, -0.25) is 4.79 Å². The molecule has 0 saturated carbocycles. The maximum atomic E-state index is 11.3. The van der Waals surface area contributed by atoms with Crippen molar-refractivity contribution in [1.29, 1.82) is 0 Å². The number of aliphatic hydroxyl groups is 1. The molecular formula is C19H37NO2. The molecule has 0 aliphatic heterocycles. The molecule has 0 atom stereocenters. The molecule has 0 fully saturated rings. The van der Waals surface area contributed by atoms with Crippen LogP contribution < -0.4 is 5.32 Å². The van der Waals surface area contributed by atoms with E-state index in [1.54, 1.807) is 6.08 Å². The van der Waals surface area contributed by atoms with E-state index in [-0.39, 0.29) is 5.91 Å². The van der Waals surface area contributed by atoms with Crippen molar-refractivity contribution in [1.82, 2.24) is 5.32 Å². The predicted octanol–water partition coefficient (Wildman–Crippen LogP) is 4.74. The highest BCUT2D eigenvalue weighted by atomic mass is 16.2. The molecule has 0 aromatic heterocycles. The summed E-state index contributed by atoms with van der Waals surface area (Å²) in [6.07, 6.45) is 18.7. The maximum Gasteiger partial charge on any atom is 0.220 e. The van der Waals surface area contributed by atoms with E-state index in [0.29, 0.717) is 19.6 Å². The molecule has 0 aliphatic carbocycles. The quantitative estimate of drug-likeness (QED) is 0.301. The van der Waals surface area contributed by atoms with Crippen LogP contribution in [0.4, 0.5) is 0 Å². The van der Waals surface area contributed by atoms with Crippen LogP contribution in [0.15, 0.2) is 12.7 Å². The van der Waals surface area contributed by atoms with Gasteiger partial charge in [0.25, 0.3) is 0 Å². The summed E-state index contributed by atoms with van der Waals surface area (Å²) in [6.45, 7) is 4.51. The van der Waals surface area contributed by atoms with Gasteiger partial charge >= 0.3 is 0 Å². The zero-order chi connectivity index (χ0) is 16.3. The van der Waals surface area contributed by atoms with E-state index in [4.69, 9.17) is 5.11 Å². The molecule has 22 heavy (non-hydrogen) atoms. The number of nitrogens with one attached hydrogen (secondary N) is 1. The number of hydrogen-bond donors (Lipinski definition) is 2. The van der Waals surface area contributed by atoms with Gasteiger partial charge in [-0.1, -0.05) is 76.7 Å². The standard InChI is InChI=1S/C19H37NO2/c1-2-17-20-19(22)16-14-12-10-8-6-4-3-5-7-9-11-13-15-18-21/h2,21H,1,3-18H2,(H,20,22). The van der Waals surface area contributed by atoms with Gasteiger partial charge in [0.15, 0.2) is 0 Å². The van der Waals surface area contributed by atoms with Crippen molar-refractivity contribution in [3.8, 4) is 0 Å². The molecule has 0 bridgehead atoms. The fourth-order valence-corrected chi connectivity index (χ4v) is 2.62. The number of hydrogen-bond acceptors (Lipinski definition) is 2. The van der Waals surface area contributed by atoms with Gasteiger partial charge in [0.1, 0.15) is 0 Å². The zero-order valence-corrected chi connectivity index (χ0v) is 14.5. The number of aliphatic hydroxyl groups excluding tert-OH is 1. The van der Waals surface area contributed by atoms with Crippen LogP contribution in [0.1, 0.15) is 89.9 Å². The van der Waals surface area contributed by atoms with Gasteiger partial charge in [0, 0.05) is 19.6 Å². The lowest BCUT2D eigenvalue weighted by molar-refractivity contribution is -0.121. The fraction of sp³-hybridized carbons (Fsp3) is 0.842. The molecule has 3 heteroatoms. The molecule has 0 aromatic rings. The first kappa shape index (κ1) is 21.2. The van der Waals surface area contributed by atoms with Gasteiger partial charge < -0.3 is 10.4 Å². The minimum absolute atomic E-state index is 0.152. The average Bonchev–Trinajstić information content (AvgIpc) is 2.53. The molecule has 0 unspecified atom stereocenters. The molecule has 0 aliphatic rings. The molecule has 0 radical (unpaired) electrons. The van der Waals surface area contributed by atoms with E-state index in [0.717, 1.165) is 12.8 Å². The van der Waals surface area contributed by atoms with Crippen LogP contribution in [0.3, 0.4) is 0 Å². The Labute approximate surface area is 137 Å². The second-order valence-electron chi connectivity index (χ2n) is 6.16. The average molecular weight is 312 g/mol. The highest BCUT2D eigenvalue weighted by Gasteiger charge is 1.99. The number of carbonyl (C=O) groups excluding carboxylic acids is 1. The van der Waals surface area contributed by atoms with Crippen molar-refractivity contribution >= 4 is 5.91 Å². The second-order valence-corrected chi connectivity index (χ2v) is 6.16. The van der Waals surface area contributed by atoms with Crippen LogP contribution in [0.25, 0.3) is 0 Å². The van der Waals surface area contributed by atoms with Crippen molar-refractivity contribution < 1.29 is 9.90 Å². The Hall–Kier alpha value is -0.830. The topological polar surface area (TPSA) is 49.3 Å². The van der Waals surface area contributed by atoms with E-state index in [2.05, 4.69) is 11.9 Å². The monoisotopic (exact) mass is 311 g/mol. The molecule has 0 rings (SSSR count). The summed E-state index contributed by atoms with van der Waals surface area (Å²) >= 11 is 0. The summed E-state index contributed by atoms with van der Waals surface area (Å²) in [5.74, 6) is 0.152. The summed E-state index contributed by atoms with van der Waals surface area (Å²) in [7, 11) is 0. The SMILES string of the molecule is C=CCNC(=O)CCCCCCCCCCCCCCCO. The minimum Gasteiger partial charge on any atom is -0.396 e. The smallest absolute Gasteiger partial charge is 0.220 e. The third-order valence-electron chi connectivity index (χ3n) is 4.01. The zero-order valence-electron chi connectivity index (χ0n) is 14.5. The molecule has 130 valence electrons. The van der Waals surface area contributed by atoms with E-state index in [9.17, 15) is 4.79 Å². The number of unbranched alkanes of at least 4 members (excludes halogenated alkanes) is 12. The molecule has 0 saturated heterocycles. The van der Waals surface area contributed by atoms with Gasteiger partial charge in [-0.25, -0.2) is 0 Å². The van der Waals surface area contributed by atoms with Gasteiger partial charge in [0.05, 0.1) is 0 Å². The molecule has 1 amide bonds. The van der Waals surface area contributed by atoms with E-state index < -0.39 is 0 Å². The Morgan fingerprint density at radius 2 is 1.18 bits per heavy atom. The third kappa shape index (κ3) is 17.2. The van der Waals surface area contributed by atoms with Crippen LogP contribution in [0, 0.1) is 0 Å².